The third kappa shape index (κ3) is 2.50. The summed E-state index contributed by atoms with van der Waals surface area (Å²) in [5.41, 5.74) is 8.72. The summed E-state index contributed by atoms with van der Waals surface area (Å²) in [5.74, 6) is 0.921. The molecule has 0 aromatic heterocycles. The normalized spacial score (nSPS) is 19.1. The molecule has 1 aromatic carbocycles. The molecule has 94 valence electrons. The maximum Gasteiger partial charge on any atom is 0.123 e. The number of hydrogen-bond acceptors (Lipinski definition) is 2. The fourth-order valence-electron chi connectivity index (χ4n) is 2.62. The molecule has 0 amide bonds. The minimum absolute atomic E-state index is 0.165. The Morgan fingerprint density at radius 1 is 1.24 bits per heavy atom. The average Bonchev–Trinajstić information content (AvgIpc) is 2.33. The second kappa shape index (κ2) is 4.99. The van der Waals surface area contributed by atoms with Crippen molar-refractivity contribution in [3.8, 4) is 5.75 Å². The van der Waals surface area contributed by atoms with E-state index >= 15 is 0 Å². The first kappa shape index (κ1) is 12.9. The van der Waals surface area contributed by atoms with Gasteiger partial charge in [-0.2, -0.15) is 0 Å². The van der Waals surface area contributed by atoms with E-state index in [0.29, 0.717) is 0 Å². The first-order chi connectivity index (χ1) is 8.07. The fourth-order valence-corrected chi connectivity index (χ4v) is 3.07. The number of methoxy groups -OCH3 is 1. The van der Waals surface area contributed by atoms with Gasteiger partial charge >= 0.3 is 0 Å². The molecule has 0 aliphatic heterocycles. The van der Waals surface area contributed by atoms with Gasteiger partial charge in [-0.3, -0.25) is 0 Å². The van der Waals surface area contributed by atoms with Crippen LogP contribution in [0.4, 0.5) is 0 Å². The van der Waals surface area contributed by atoms with Crippen LogP contribution in [0.5, 0.6) is 5.75 Å². The van der Waals surface area contributed by atoms with Crippen LogP contribution in [-0.4, -0.2) is 7.11 Å². The number of halogens is 1. The Morgan fingerprint density at radius 2 is 1.88 bits per heavy atom. The van der Waals surface area contributed by atoms with Crippen LogP contribution in [0.15, 0.2) is 16.6 Å². The van der Waals surface area contributed by atoms with Crippen molar-refractivity contribution in [2.24, 2.45) is 5.73 Å². The lowest BCUT2D eigenvalue weighted by atomic mass is 9.77. The average molecular weight is 298 g/mol. The molecular weight excluding hydrogens is 278 g/mol. The lowest BCUT2D eigenvalue weighted by Gasteiger charge is -2.34. The topological polar surface area (TPSA) is 35.2 Å². The molecule has 0 bridgehead atoms. The molecule has 0 unspecified atom stereocenters. The molecule has 0 heterocycles. The lowest BCUT2D eigenvalue weighted by molar-refractivity contribution is 0.300. The zero-order valence-electron chi connectivity index (χ0n) is 10.6. The van der Waals surface area contributed by atoms with Crippen molar-refractivity contribution < 1.29 is 4.74 Å². The molecule has 0 atom stereocenters. The number of rotatable bonds is 2. The predicted octanol–water partition coefficient (Wildman–Crippen LogP) is 3.88. The predicted molar refractivity (Wildman–Crippen MR) is 74.4 cm³/mol. The molecule has 1 aliphatic carbocycles. The Bertz CT molecular complexity index is 411. The van der Waals surface area contributed by atoms with Crippen molar-refractivity contribution in [2.75, 3.05) is 7.11 Å². The van der Waals surface area contributed by atoms with Gasteiger partial charge in [-0.15, -0.1) is 0 Å². The van der Waals surface area contributed by atoms with Gasteiger partial charge in [-0.25, -0.2) is 0 Å². The van der Waals surface area contributed by atoms with Gasteiger partial charge in [-0.1, -0.05) is 35.2 Å². The zero-order valence-corrected chi connectivity index (χ0v) is 12.1. The van der Waals surface area contributed by atoms with Crippen LogP contribution in [0.1, 0.15) is 43.2 Å². The number of ether oxygens (including phenoxy) is 1. The molecule has 1 fully saturated rings. The summed E-state index contributed by atoms with van der Waals surface area (Å²) < 4.78 is 6.50. The third-order valence-corrected chi connectivity index (χ3v) is 4.66. The van der Waals surface area contributed by atoms with E-state index in [-0.39, 0.29) is 5.54 Å². The van der Waals surface area contributed by atoms with Crippen LogP contribution in [-0.2, 0) is 5.54 Å². The van der Waals surface area contributed by atoms with E-state index in [1.54, 1.807) is 7.11 Å². The van der Waals surface area contributed by atoms with Crippen LogP contribution in [0.2, 0.25) is 0 Å². The maximum absolute atomic E-state index is 6.55. The number of benzene rings is 1. The molecule has 0 saturated heterocycles. The van der Waals surface area contributed by atoms with Crippen molar-refractivity contribution in [1.82, 2.24) is 0 Å². The first-order valence-electron chi connectivity index (χ1n) is 6.20. The molecule has 17 heavy (non-hydrogen) atoms. The first-order valence-corrected chi connectivity index (χ1v) is 6.99. The summed E-state index contributed by atoms with van der Waals surface area (Å²) in [6, 6.07) is 4.26. The molecule has 0 spiro atoms. The van der Waals surface area contributed by atoms with E-state index in [2.05, 4.69) is 35.0 Å². The highest BCUT2D eigenvalue weighted by molar-refractivity contribution is 9.10. The smallest absolute Gasteiger partial charge is 0.123 e. The van der Waals surface area contributed by atoms with Crippen LogP contribution < -0.4 is 10.5 Å². The monoisotopic (exact) mass is 297 g/mol. The highest BCUT2D eigenvalue weighted by Gasteiger charge is 2.30. The minimum atomic E-state index is -0.165. The van der Waals surface area contributed by atoms with Crippen molar-refractivity contribution >= 4 is 15.9 Å². The Hall–Kier alpha value is -0.540. The summed E-state index contributed by atoms with van der Waals surface area (Å²) in [7, 11) is 1.71. The van der Waals surface area contributed by atoms with Crippen molar-refractivity contribution in [3.05, 3.63) is 27.7 Å². The fraction of sp³-hybridized carbons (Fsp3) is 0.571. The van der Waals surface area contributed by atoms with Gasteiger partial charge in [0.25, 0.3) is 0 Å². The quantitative estimate of drug-likeness (QED) is 0.899. The van der Waals surface area contributed by atoms with Crippen LogP contribution in [0.3, 0.4) is 0 Å². The van der Waals surface area contributed by atoms with Crippen LogP contribution in [0, 0.1) is 6.92 Å². The van der Waals surface area contributed by atoms with Crippen LogP contribution >= 0.6 is 15.9 Å². The van der Waals surface area contributed by atoms with Gasteiger partial charge in [-0.05, 0) is 37.5 Å². The highest BCUT2D eigenvalue weighted by atomic mass is 79.9. The van der Waals surface area contributed by atoms with E-state index in [1.165, 1.54) is 24.8 Å². The number of nitrogens with two attached hydrogens (primary N) is 1. The number of hydrogen-bond donors (Lipinski definition) is 1. The SMILES string of the molecule is COc1cc(C2(N)CCCCC2)cc(Br)c1C. The third-order valence-electron chi connectivity index (χ3n) is 3.84. The molecular formula is C14H20BrNO. The summed E-state index contributed by atoms with van der Waals surface area (Å²) in [4.78, 5) is 0. The van der Waals surface area contributed by atoms with E-state index < -0.39 is 0 Å². The molecule has 1 aliphatic rings. The lowest BCUT2D eigenvalue weighted by Crippen LogP contribution is -2.38. The Balaban J connectivity index is 2.41. The van der Waals surface area contributed by atoms with Gasteiger partial charge in [0.15, 0.2) is 0 Å². The molecule has 0 radical (unpaired) electrons. The van der Waals surface area contributed by atoms with E-state index in [9.17, 15) is 0 Å². The van der Waals surface area contributed by atoms with Gasteiger partial charge in [0.1, 0.15) is 5.75 Å². The van der Waals surface area contributed by atoms with Crippen molar-refractivity contribution in [3.63, 3.8) is 0 Å². The summed E-state index contributed by atoms with van der Waals surface area (Å²) >= 11 is 3.59. The Morgan fingerprint density at radius 3 is 2.47 bits per heavy atom. The van der Waals surface area contributed by atoms with E-state index in [0.717, 1.165) is 28.6 Å². The molecule has 2 N–H and O–H groups in total. The maximum atomic E-state index is 6.55. The molecule has 1 saturated carbocycles. The van der Waals surface area contributed by atoms with Gasteiger partial charge in [0.2, 0.25) is 0 Å². The second-order valence-corrected chi connectivity index (χ2v) is 5.86. The zero-order chi connectivity index (χ0) is 12.5. The Labute approximate surface area is 112 Å². The summed E-state index contributed by atoms with van der Waals surface area (Å²) in [5, 5.41) is 0. The van der Waals surface area contributed by atoms with E-state index in [4.69, 9.17) is 10.5 Å². The van der Waals surface area contributed by atoms with E-state index in [1.807, 2.05) is 0 Å². The standard InChI is InChI=1S/C14H20BrNO/c1-10-12(15)8-11(9-13(10)17-2)14(16)6-4-3-5-7-14/h8-9H,3-7,16H2,1-2H3. The van der Waals surface area contributed by atoms with Crippen LogP contribution in [0.25, 0.3) is 0 Å². The Kier molecular flexibility index (Phi) is 3.79. The minimum Gasteiger partial charge on any atom is -0.496 e. The highest BCUT2D eigenvalue weighted by Crippen LogP contribution is 2.39. The molecule has 3 heteroatoms. The largest absolute Gasteiger partial charge is 0.496 e. The second-order valence-electron chi connectivity index (χ2n) is 5.00. The van der Waals surface area contributed by atoms with Gasteiger partial charge in [0, 0.05) is 15.6 Å². The molecule has 1 aromatic rings. The molecule has 2 nitrogen and oxygen atoms in total. The van der Waals surface area contributed by atoms with Gasteiger partial charge < -0.3 is 10.5 Å². The van der Waals surface area contributed by atoms with Gasteiger partial charge in [0.05, 0.1) is 7.11 Å². The summed E-state index contributed by atoms with van der Waals surface area (Å²) in [6.07, 6.45) is 5.91. The molecule has 2 rings (SSSR count). The summed E-state index contributed by atoms with van der Waals surface area (Å²) in [6.45, 7) is 2.05. The van der Waals surface area contributed by atoms with Crippen molar-refractivity contribution in [1.29, 1.82) is 0 Å². The van der Waals surface area contributed by atoms with Crippen molar-refractivity contribution in [2.45, 2.75) is 44.6 Å².